The molecule has 1 aromatic heterocycles. The maximum absolute atomic E-state index is 13.2. The fraction of sp³-hybridized carbons (Fsp3) is 0.0588. The van der Waals surface area contributed by atoms with Crippen LogP contribution in [0.4, 0.5) is 10.1 Å². The highest BCUT2D eigenvalue weighted by molar-refractivity contribution is 6.34. The number of benzene rings is 2. The highest BCUT2D eigenvalue weighted by Gasteiger charge is 2.10. The third-order valence-corrected chi connectivity index (χ3v) is 3.57. The maximum Gasteiger partial charge on any atom is 0.257 e. The maximum atomic E-state index is 13.2. The predicted molar refractivity (Wildman–Crippen MR) is 87.1 cm³/mol. The Kier molecular flexibility index (Phi) is 4.39. The Labute approximate surface area is 137 Å². The van der Waals surface area contributed by atoms with Crippen molar-refractivity contribution in [3.05, 3.63) is 82.9 Å². The molecule has 6 heteroatoms. The standard InChI is InChI=1S/C17H13ClFN3O/c18-16-7-2-1-6-15(16)17(23)21-14-9-20-22(11-14)10-12-4-3-5-13(19)8-12/h1-9,11H,10H2,(H,21,23). The average molecular weight is 330 g/mol. The van der Waals surface area contributed by atoms with E-state index in [0.717, 1.165) is 5.56 Å². The second-order valence-corrected chi connectivity index (χ2v) is 5.40. The van der Waals surface area contributed by atoms with Gasteiger partial charge in [0.05, 0.1) is 29.0 Å². The Morgan fingerprint density at radius 3 is 2.83 bits per heavy atom. The second kappa shape index (κ2) is 6.62. The summed E-state index contributed by atoms with van der Waals surface area (Å²) < 4.78 is 14.8. The topological polar surface area (TPSA) is 46.9 Å². The van der Waals surface area contributed by atoms with Crippen molar-refractivity contribution in [3.8, 4) is 0 Å². The van der Waals surface area contributed by atoms with Gasteiger partial charge in [0, 0.05) is 6.20 Å². The zero-order chi connectivity index (χ0) is 16.2. The summed E-state index contributed by atoms with van der Waals surface area (Å²) in [6, 6.07) is 13.1. The van der Waals surface area contributed by atoms with Crippen molar-refractivity contribution in [1.29, 1.82) is 0 Å². The normalized spacial score (nSPS) is 10.5. The molecule has 0 saturated carbocycles. The van der Waals surface area contributed by atoms with Crippen LogP contribution in [-0.2, 0) is 6.54 Å². The van der Waals surface area contributed by atoms with Crippen LogP contribution in [0.25, 0.3) is 0 Å². The van der Waals surface area contributed by atoms with Crippen LogP contribution in [0.1, 0.15) is 15.9 Å². The molecule has 0 aliphatic rings. The average Bonchev–Trinajstić information content (AvgIpc) is 2.94. The molecular formula is C17H13ClFN3O. The molecule has 3 aromatic rings. The lowest BCUT2D eigenvalue weighted by Crippen LogP contribution is -2.11. The van der Waals surface area contributed by atoms with Gasteiger partial charge in [0.1, 0.15) is 5.82 Å². The lowest BCUT2D eigenvalue weighted by molar-refractivity contribution is 0.102. The van der Waals surface area contributed by atoms with E-state index in [9.17, 15) is 9.18 Å². The molecule has 23 heavy (non-hydrogen) atoms. The number of carbonyl (C=O) groups is 1. The Hall–Kier alpha value is -2.66. The van der Waals surface area contributed by atoms with Gasteiger partial charge in [-0.3, -0.25) is 9.48 Å². The number of anilines is 1. The van der Waals surface area contributed by atoms with Gasteiger partial charge in [-0.05, 0) is 29.8 Å². The summed E-state index contributed by atoms with van der Waals surface area (Å²) in [7, 11) is 0. The fourth-order valence-corrected chi connectivity index (χ4v) is 2.40. The van der Waals surface area contributed by atoms with Crippen molar-refractivity contribution in [2.45, 2.75) is 6.54 Å². The first-order chi connectivity index (χ1) is 11.1. The van der Waals surface area contributed by atoms with Gasteiger partial charge in [-0.1, -0.05) is 35.9 Å². The largest absolute Gasteiger partial charge is 0.319 e. The summed E-state index contributed by atoms with van der Waals surface area (Å²) in [4.78, 5) is 12.2. The van der Waals surface area contributed by atoms with Crippen LogP contribution < -0.4 is 5.32 Å². The number of rotatable bonds is 4. The molecule has 0 saturated heterocycles. The van der Waals surface area contributed by atoms with Crippen LogP contribution in [0.2, 0.25) is 5.02 Å². The minimum Gasteiger partial charge on any atom is -0.319 e. The second-order valence-electron chi connectivity index (χ2n) is 4.99. The molecule has 1 amide bonds. The van der Waals surface area contributed by atoms with E-state index >= 15 is 0 Å². The highest BCUT2D eigenvalue weighted by Crippen LogP contribution is 2.17. The lowest BCUT2D eigenvalue weighted by atomic mass is 10.2. The number of nitrogens with one attached hydrogen (secondary N) is 1. The first kappa shape index (κ1) is 15.2. The molecule has 116 valence electrons. The molecule has 0 aliphatic carbocycles. The van der Waals surface area contributed by atoms with Crippen molar-refractivity contribution in [2.75, 3.05) is 5.32 Å². The molecule has 0 radical (unpaired) electrons. The van der Waals surface area contributed by atoms with Crippen molar-refractivity contribution in [3.63, 3.8) is 0 Å². The van der Waals surface area contributed by atoms with E-state index in [1.165, 1.54) is 18.3 Å². The van der Waals surface area contributed by atoms with Crippen LogP contribution in [0.5, 0.6) is 0 Å². The van der Waals surface area contributed by atoms with E-state index in [4.69, 9.17) is 11.6 Å². The van der Waals surface area contributed by atoms with E-state index in [0.29, 0.717) is 22.8 Å². The molecule has 0 spiro atoms. The Morgan fingerprint density at radius 1 is 1.22 bits per heavy atom. The molecule has 4 nitrogen and oxygen atoms in total. The molecule has 0 aliphatic heterocycles. The quantitative estimate of drug-likeness (QED) is 0.787. The third-order valence-electron chi connectivity index (χ3n) is 3.24. The van der Waals surface area contributed by atoms with Crippen molar-refractivity contribution >= 4 is 23.2 Å². The monoisotopic (exact) mass is 329 g/mol. The molecule has 0 atom stereocenters. The molecule has 2 aromatic carbocycles. The number of halogens is 2. The van der Waals surface area contributed by atoms with E-state index in [1.54, 1.807) is 41.2 Å². The molecule has 0 bridgehead atoms. The minimum atomic E-state index is -0.305. The zero-order valence-electron chi connectivity index (χ0n) is 12.0. The molecular weight excluding hydrogens is 317 g/mol. The van der Waals surface area contributed by atoms with Gasteiger partial charge in [-0.2, -0.15) is 5.10 Å². The highest BCUT2D eigenvalue weighted by atomic mass is 35.5. The predicted octanol–water partition coefficient (Wildman–Crippen LogP) is 3.98. The van der Waals surface area contributed by atoms with Gasteiger partial charge >= 0.3 is 0 Å². The van der Waals surface area contributed by atoms with E-state index in [2.05, 4.69) is 10.4 Å². The summed E-state index contributed by atoms with van der Waals surface area (Å²) in [6.07, 6.45) is 3.22. The van der Waals surface area contributed by atoms with Gasteiger partial charge in [0.2, 0.25) is 0 Å². The van der Waals surface area contributed by atoms with Crippen LogP contribution in [-0.4, -0.2) is 15.7 Å². The minimum absolute atomic E-state index is 0.290. The lowest BCUT2D eigenvalue weighted by Gasteiger charge is -2.04. The van der Waals surface area contributed by atoms with Crippen LogP contribution in [0.3, 0.4) is 0 Å². The van der Waals surface area contributed by atoms with Gasteiger partial charge < -0.3 is 5.32 Å². The summed E-state index contributed by atoms with van der Waals surface area (Å²) in [5.74, 6) is -0.595. The zero-order valence-corrected chi connectivity index (χ0v) is 12.8. The Morgan fingerprint density at radius 2 is 2.04 bits per heavy atom. The first-order valence-electron chi connectivity index (χ1n) is 6.94. The van der Waals surface area contributed by atoms with E-state index in [-0.39, 0.29) is 11.7 Å². The summed E-state index contributed by atoms with van der Waals surface area (Å²) in [5, 5.41) is 7.28. The summed E-state index contributed by atoms with van der Waals surface area (Å²) >= 11 is 6.00. The number of carbonyl (C=O) groups excluding carboxylic acids is 1. The smallest absolute Gasteiger partial charge is 0.257 e. The van der Waals surface area contributed by atoms with Crippen LogP contribution >= 0.6 is 11.6 Å². The molecule has 1 N–H and O–H groups in total. The molecule has 0 unspecified atom stereocenters. The third kappa shape index (κ3) is 3.76. The van der Waals surface area contributed by atoms with Gasteiger partial charge in [-0.25, -0.2) is 4.39 Å². The van der Waals surface area contributed by atoms with Gasteiger partial charge in [-0.15, -0.1) is 0 Å². The Balaban J connectivity index is 1.70. The first-order valence-corrected chi connectivity index (χ1v) is 7.32. The summed E-state index contributed by atoms with van der Waals surface area (Å²) in [5.41, 5.74) is 1.73. The molecule has 3 rings (SSSR count). The number of amides is 1. The Bertz CT molecular complexity index is 847. The van der Waals surface area contributed by atoms with E-state index in [1.807, 2.05) is 6.07 Å². The van der Waals surface area contributed by atoms with Crippen LogP contribution in [0.15, 0.2) is 60.9 Å². The molecule has 0 fully saturated rings. The fourth-order valence-electron chi connectivity index (χ4n) is 2.18. The summed E-state index contributed by atoms with van der Waals surface area (Å²) in [6.45, 7) is 0.416. The van der Waals surface area contributed by atoms with Gasteiger partial charge in [0.25, 0.3) is 5.91 Å². The number of hydrogen-bond donors (Lipinski definition) is 1. The van der Waals surface area contributed by atoms with Crippen molar-refractivity contribution in [2.24, 2.45) is 0 Å². The number of nitrogens with zero attached hydrogens (tertiary/aromatic N) is 2. The van der Waals surface area contributed by atoms with E-state index < -0.39 is 0 Å². The van der Waals surface area contributed by atoms with Gasteiger partial charge in [0.15, 0.2) is 0 Å². The SMILES string of the molecule is O=C(Nc1cnn(Cc2cccc(F)c2)c1)c1ccccc1Cl. The van der Waals surface area contributed by atoms with Crippen molar-refractivity contribution in [1.82, 2.24) is 9.78 Å². The molecule has 1 heterocycles. The number of aromatic nitrogens is 2. The van der Waals surface area contributed by atoms with Crippen molar-refractivity contribution < 1.29 is 9.18 Å². The number of hydrogen-bond acceptors (Lipinski definition) is 2. The van der Waals surface area contributed by atoms with Crippen LogP contribution in [0, 0.1) is 5.82 Å².